The van der Waals surface area contributed by atoms with Crippen LogP contribution in [0.25, 0.3) is 16.7 Å². The second-order valence-corrected chi connectivity index (χ2v) is 5.59. The maximum Gasteiger partial charge on any atom is 0.168 e. The molecule has 0 aliphatic heterocycles. The van der Waals surface area contributed by atoms with E-state index >= 15 is 0 Å². The zero-order valence-corrected chi connectivity index (χ0v) is 12.0. The molecule has 22 heavy (non-hydrogen) atoms. The van der Waals surface area contributed by atoms with Gasteiger partial charge in [0.1, 0.15) is 23.6 Å². The summed E-state index contributed by atoms with van der Waals surface area (Å²) in [5, 5.41) is 8.58. The molecule has 0 unspecified atom stereocenters. The van der Waals surface area contributed by atoms with Crippen LogP contribution in [0.1, 0.15) is 25.7 Å². The summed E-state index contributed by atoms with van der Waals surface area (Å²) in [6.45, 7) is 0. The van der Waals surface area contributed by atoms with E-state index in [1.165, 1.54) is 29.9 Å². The Hall–Kier alpha value is -2.50. The van der Waals surface area contributed by atoms with Crippen molar-refractivity contribution >= 4 is 16.9 Å². The van der Waals surface area contributed by atoms with Crippen molar-refractivity contribution < 1.29 is 4.39 Å². The molecule has 0 radical (unpaired) electrons. The molecule has 4 rings (SSSR count). The highest BCUT2D eigenvalue weighted by Crippen LogP contribution is 2.26. The summed E-state index contributed by atoms with van der Waals surface area (Å²) in [6.07, 6.45) is 8.01. The number of aromatic nitrogens is 4. The van der Waals surface area contributed by atoms with Gasteiger partial charge in [-0.3, -0.25) is 0 Å². The van der Waals surface area contributed by atoms with E-state index in [0.717, 1.165) is 24.0 Å². The third-order valence-electron chi connectivity index (χ3n) is 4.14. The average molecular weight is 297 g/mol. The van der Waals surface area contributed by atoms with E-state index in [1.807, 2.05) is 0 Å². The van der Waals surface area contributed by atoms with Crippen molar-refractivity contribution in [3.8, 4) is 5.69 Å². The molecule has 5 nitrogen and oxygen atoms in total. The SMILES string of the molecule is Fc1ccccc1-n1ncc2c(NC3CCCC3)ncnc21. The zero-order chi connectivity index (χ0) is 14.9. The molecule has 1 aromatic carbocycles. The van der Waals surface area contributed by atoms with Crippen molar-refractivity contribution in [3.05, 3.63) is 42.6 Å². The minimum atomic E-state index is -0.323. The Labute approximate surface area is 127 Å². The number of rotatable bonds is 3. The smallest absolute Gasteiger partial charge is 0.168 e. The van der Waals surface area contributed by atoms with E-state index < -0.39 is 0 Å². The van der Waals surface area contributed by atoms with Crippen LogP contribution in [0.3, 0.4) is 0 Å². The Bertz CT molecular complexity index is 807. The van der Waals surface area contributed by atoms with E-state index in [1.54, 1.807) is 24.4 Å². The number of hydrogen-bond acceptors (Lipinski definition) is 4. The molecule has 3 aromatic rings. The van der Waals surface area contributed by atoms with E-state index in [2.05, 4.69) is 20.4 Å². The molecule has 1 aliphatic carbocycles. The molecule has 0 atom stereocenters. The number of fused-ring (bicyclic) bond motifs is 1. The van der Waals surface area contributed by atoms with Crippen molar-refractivity contribution in [1.29, 1.82) is 0 Å². The van der Waals surface area contributed by atoms with Crippen molar-refractivity contribution in [2.75, 3.05) is 5.32 Å². The minimum Gasteiger partial charge on any atom is -0.367 e. The number of nitrogens with zero attached hydrogens (tertiary/aromatic N) is 4. The predicted octanol–water partition coefficient (Wildman–Crippen LogP) is 3.31. The normalized spacial score (nSPS) is 15.5. The fourth-order valence-corrected chi connectivity index (χ4v) is 3.02. The molecule has 1 fully saturated rings. The summed E-state index contributed by atoms with van der Waals surface area (Å²) in [6, 6.07) is 7.00. The van der Waals surface area contributed by atoms with Gasteiger partial charge in [0.2, 0.25) is 0 Å². The first-order chi connectivity index (χ1) is 10.8. The molecule has 0 saturated heterocycles. The maximum absolute atomic E-state index is 14.0. The van der Waals surface area contributed by atoms with Gasteiger partial charge in [-0.05, 0) is 25.0 Å². The van der Waals surface area contributed by atoms with Crippen LogP contribution in [-0.2, 0) is 0 Å². The number of halogens is 1. The Morgan fingerprint density at radius 3 is 2.77 bits per heavy atom. The third kappa shape index (κ3) is 2.20. The monoisotopic (exact) mass is 297 g/mol. The predicted molar refractivity (Wildman–Crippen MR) is 82.5 cm³/mol. The van der Waals surface area contributed by atoms with Crippen LogP contribution in [0.4, 0.5) is 10.2 Å². The van der Waals surface area contributed by atoms with Crippen LogP contribution in [-0.4, -0.2) is 25.8 Å². The van der Waals surface area contributed by atoms with Crippen molar-refractivity contribution in [3.63, 3.8) is 0 Å². The first-order valence-corrected chi connectivity index (χ1v) is 7.53. The van der Waals surface area contributed by atoms with Crippen LogP contribution in [0.5, 0.6) is 0 Å². The third-order valence-corrected chi connectivity index (χ3v) is 4.14. The molecular weight excluding hydrogens is 281 g/mol. The van der Waals surface area contributed by atoms with Gasteiger partial charge in [-0.15, -0.1) is 0 Å². The van der Waals surface area contributed by atoms with Gasteiger partial charge in [0.25, 0.3) is 0 Å². The van der Waals surface area contributed by atoms with E-state index in [9.17, 15) is 4.39 Å². The molecule has 1 N–H and O–H groups in total. The van der Waals surface area contributed by atoms with Crippen molar-refractivity contribution in [2.24, 2.45) is 0 Å². The Kier molecular flexibility index (Phi) is 3.21. The zero-order valence-electron chi connectivity index (χ0n) is 12.0. The van der Waals surface area contributed by atoms with Gasteiger partial charge in [0.05, 0.1) is 11.6 Å². The summed E-state index contributed by atoms with van der Waals surface area (Å²) in [5.41, 5.74) is 1.00. The summed E-state index contributed by atoms with van der Waals surface area (Å²) >= 11 is 0. The fraction of sp³-hybridized carbons (Fsp3) is 0.312. The molecule has 1 aliphatic rings. The van der Waals surface area contributed by atoms with Gasteiger partial charge in [-0.1, -0.05) is 25.0 Å². The lowest BCUT2D eigenvalue weighted by molar-refractivity contribution is 0.612. The van der Waals surface area contributed by atoms with E-state index in [-0.39, 0.29) is 5.82 Å². The molecular formula is C16H16FN5. The molecule has 2 heterocycles. The average Bonchev–Trinajstić information content (AvgIpc) is 3.18. The highest BCUT2D eigenvalue weighted by molar-refractivity contribution is 5.87. The van der Waals surface area contributed by atoms with Crippen LogP contribution in [0, 0.1) is 5.82 Å². The van der Waals surface area contributed by atoms with Crippen molar-refractivity contribution in [2.45, 2.75) is 31.7 Å². The number of hydrogen-bond donors (Lipinski definition) is 1. The van der Waals surface area contributed by atoms with Gasteiger partial charge in [-0.2, -0.15) is 5.10 Å². The highest BCUT2D eigenvalue weighted by atomic mass is 19.1. The second kappa shape index (κ2) is 5.36. The van der Waals surface area contributed by atoms with Gasteiger partial charge in [0, 0.05) is 6.04 Å². The lowest BCUT2D eigenvalue weighted by Crippen LogP contribution is -2.15. The standard InChI is InChI=1S/C16H16FN5/c17-13-7-3-4-8-14(13)22-16-12(9-20-22)15(18-10-19-16)21-11-5-1-2-6-11/h3-4,7-11H,1-2,5-6H2,(H,18,19,21). The molecule has 6 heteroatoms. The number of benzene rings is 1. The molecule has 112 valence electrons. The fourth-order valence-electron chi connectivity index (χ4n) is 3.02. The Morgan fingerprint density at radius 1 is 1.14 bits per heavy atom. The van der Waals surface area contributed by atoms with Crippen LogP contribution in [0.2, 0.25) is 0 Å². The summed E-state index contributed by atoms with van der Waals surface area (Å²) in [4.78, 5) is 8.61. The molecule has 2 aromatic heterocycles. The lowest BCUT2D eigenvalue weighted by atomic mass is 10.2. The quantitative estimate of drug-likeness (QED) is 0.806. The van der Waals surface area contributed by atoms with Gasteiger partial charge in [-0.25, -0.2) is 19.0 Å². The number of nitrogens with one attached hydrogen (secondary N) is 1. The van der Waals surface area contributed by atoms with Gasteiger partial charge in [0.15, 0.2) is 5.65 Å². The van der Waals surface area contributed by atoms with Gasteiger partial charge >= 0.3 is 0 Å². The largest absolute Gasteiger partial charge is 0.367 e. The topological polar surface area (TPSA) is 55.6 Å². The van der Waals surface area contributed by atoms with Crippen molar-refractivity contribution in [1.82, 2.24) is 19.7 Å². The van der Waals surface area contributed by atoms with Crippen LogP contribution < -0.4 is 5.32 Å². The molecule has 1 saturated carbocycles. The summed E-state index contributed by atoms with van der Waals surface area (Å²) in [7, 11) is 0. The summed E-state index contributed by atoms with van der Waals surface area (Å²) < 4.78 is 15.5. The Balaban J connectivity index is 1.78. The van der Waals surface area contributed by atoms with Gasteiger partial charge < -0.3 is 5.32 Å². The summed E-state index contributed by atoms with van der Waals surface area (Å²) in [5.74, 6) is 0.455. The molecule has 0 amide bonds. The maximum atomic E-state index is 14.0. The molecule has 0 bridgehead atoms. The molecule has 0 spiro atoms. The highest BCUT2D eigenvalue weighted by Gasteiger charge is 2.18. The van der Waals surface area contributed by atoms with Crippen LogP contribution in [0.15, 0.2) is 36.8 Å². The first-order valence-electron chi connectivity index (χ1n) is 7.53. The van der Waals surface area contributed by atoms with Crippen LogP contribution >= 0.6 is 0 Å². The van der Waals surface area contributed by atoms with E-state index in [0.29, 0.717) is 17.4 Å². The second-order valence-electron chi connectivity index (χ2n) is 5.59. The number of para-hydroxylation sites is 1. The minimum absolute atomic E-state index is 0.323. The van der Waals surface area contributed by atoms with E-state index in [4.69, 9.17) is 0 Å². The number of anilines is 1. The lowest BCUT2D eigenvalue weighted by Gasteiger charge is -2.12. The Morgan fingerprint density at radius 2 is 1.95 bits per heavy atom. The first kappa shape index (κ1) is 13.2.